The van der Waals surface area contributed by atoms with Crippen molar-refractivity contribution in [1.29, 1.82) is 0 Å². The van der Waals surface area contributed by atoms with Gasteiger partial charge in [0.25, 0.3) is 5.69 Å². The summed E-state index contributed by atoms with van der Waals surface area (Å²) >= 11 is 0. The van der Waals surface area contributed by atoms with Crippen LogP contribution >= 0.6 is 0 Å². The van der Waals surface area contributed by atoms with Crippen LogP contribution in [-0.2, 0) is 4.74 Å². The normalized spacial score (nSPS) is 10.7. The molecule has 0 spiro atoms. The van der Waals surface area contributed by atoms with E-state index in [1.807, 2.05) is 0 Å². The number of alkyl carbamates (subject to hydrolysis) is 1. The number of carbonyl (C=O) groups excluding carboxylic acids is 1. The van der Waals surface area contributed by atoms with E-state index in [1.165, 1.54) is 25.3 Å². The highest BCUT2D eigenvalue weighted by atomic mass is 16.6. The minimum atomic E-state index is -0.566. The lowest BCUT2D eigenvalue weighted by Crippen LogP contribution is -2.35. The van der Waals surface area contributed by atoms with Gasteiger partial charge in [0.15, 0.2) is 0 Å². The van der Waals surface area contributed by atoms with Crippen LogP contribution in [0.1, 0.15) is 20.8 Å². The van der Waals surface area contributed by atoms with Crippen LogP contribution < -0.4 is 15.4 Å². The molecule has 0 bridgehead atoms. The van der Waals surface area contributed by atoms with Crippen molar-refractivity contribution in [2.75, 3.05) is 25.5 Å². The SMILES string of the molecule is COc1ccc([N+](=O)[O-])c(NCCNC(=O)OC(C)(C)C)c1. The summed E-state index contributed by atoms with van der Waals surface area (Å²) in [7, 11) is 1.48. The second-order valence-electron chi connectivity index (χ2n) is 5.50. The lowest BCUT2D eigenvalue weighted by atomic mass is 10.2. The Morgan fingerprint density at radius 2 is 2.00 bits per heavy atom. The summed E-state index contributed by atoms with van der Waals surface area (Å²) in [6.45, 7) is 5.88. The van der Waals surface area contributed by atoms with Crippen molar-refractivity contribution in [3.63, 3.8) is 0 Å². The summed E-state index contributed by atoms with van der Waals surface area (Å²) < 4.78 is 10.1. The number of nitro groups is 1. The number of rotatable bonds is 6. The Morgan fingerprint density at radius 1 is 1.32 bits per heavy atom. The molecule has 0 aliphatic heterocycles. The average molecular weight is 311 g/mol. The fourth-order valence-electron chi connectivity index (χ4n) is 1.62. The zero-order valence-electron chi connectivity index (χ0n) is 13.1. The first-order valence-corrected chi connectivity index (χ1v) is 6.76. The molecule has 0 aromatic heterocycles. The quantitative estimate of drug-likeness (QED) is 0.475. The first kappa shape index (κ1) is 17.5. The van der Waals surface area contributed by atoms with Crippen molar-refractivity contribution < 1.29 is 19.2 Å². The number of hydrogen-bond acceptors (Lipinski definition) is 6. The van der Waals surface area contributed by atoms with E-state index in [1.54, 1.807) is 20.8 Å². The molecule has 1 aromatic carbocycles. The number of nitrogens with zero attached hydrogens (tertiary/aromatic N) is 1. The maximum atomic E-state index is 11.5. The van der Waals surface area contributed by atoms with E-state index in [0.717, 1.165) is 0 Å². The number of anilines is 1. The summed E-state index contributed by atoms with van der Waals surface area (Å²) in [5.41, 5.74) is -0.295. The van der Waals surface area contributed by atoms with E-state index in [0.29, 0.717) is 18.0 Å². The summed E-state index contributed by atoms with van der Waals surface area (Å²) in [6.07, 6.45) is -0.533. The van der Waals surface area contributed by atoms with E-state index in [9.17, 15) is 14.9 Å². The molecule has 0 aliphatic rings. The minimum Gasteiger partial charge on any atom is -0.497 e. The Bertz CT molecular complexity index is 540. The molecule has 0 radical (unpaired) electrons. The molecule has 0 aliphatic carbocycles. The third-order valence-electron chi connectivity index (χ3n) is 2.51. The van der Waals surface area contributed by atoms with Gasteiger partial charge in [0.1, 0.15) is 17.0 Å². The highest BCUT2D eigenvalue weighted by Crippen LogP contribution is 2.28. The standard InChI is InChI=1S/C14H21N3O5/c1-14(2,3)22-13(18)16-8-7-15-11-9-10(21-4)5-6-12(11)17(19)20/h5-6,9,15H,7-8H2,1-4H3,(H,16,18). The molecule has 122 valence electrons. The number of benzene rings is 1. The van der Waals surface area contributed by atoms with Crippen molar-refractivity contribution in [1.82, 2.24) is 5.32 Å². The number of nitro benzene ring substituents is 1. The van der Waals surface area contributed by atoms with Gasteiger partial charge in [-0.2, -0.15) is 0 Å². The van der Waals surface area contributed by atoms with Gasteiger partial charge in [0, 0.05) is 25.2 Å². The average Bonchev–Trinajstić information content (AvgIpc) is 2.41. The van der Waals surface area contributed by atoms with Gasteiger partial charge in [-0.25, -0.2) is 4.79 Å². The molecule has 0 saturated carbocycles. The van der Waals surface area contributed by atoms with E-state index in [4.69, 9.17) is 9.47 Å². The lowest BCUT2D eigenvalue weighted by Gasteiger charge is -2.19. The summed E-state index contributed by atoms with van der Waals surface area (Å²) in [5, 5.41) is 16.4. The molecular weight excluding hydrogens is 290 g/mol. The largest absolute Gasteiger partial charge is 0.497 e. The second kappa shape index (κ2) is 7.48. The molecule has 1 rings (SSSR count). The number of carbonyl (C=O) groups is 1. The summed E-state index contributed by atoms with van der Waals surface area (Å²) in [6, 6.07) is 4.41. The fourth-order valence-corrected chi connectivity index (χ4v) is 1.62. The first-order chi connectivity index (χ1) is 10.2. The Kier molecular flexibility index (Phi) is 5.97. The number of ether oxygens (including phenoxy) is 2. The van der Waals surface area contributed by atoms with Crippen LogP contribution in [0, 0.1) is 10.1 Å². The Morgan fingerprint density at radius 3 is 2.55 bits per heavy atom. The van der Waals surface area contributed by atoms with Crippen molar-refractivity contribution in [3.05, 3.63) is 28.3 Å². The number of amides is 1. The maximum absolute atomic E-state index is 11.5. The Balaban J connectivity index is 2.54. The summed E-state index contributed by atoms with van der Waals surface area (Å²) in [4.78, 5) is 21.9. The van der Waals surface area contributed by atoms with Gasteiger partial charge in [-0.3, -0.25) is 10.1 Å². The third-order valence-corrected chi connectivity index (χ3v) is 2.51. The molecule has 1 amide bonds. The van der Waals surface area contributed by atoms with Crippen LogP contribution in [0.2, 0.25) is 0 Å². The second-order valence-corrected chi connectivity index (χ2v) is 5.50. The molecule has 2 N–H and O–H groups in total. The molecule has 0 unspecified atom stereocenters. The van der Waals surface area contributed by atoms with Crippen LogP contribution in [0.25, 0.3) is 0 Å². The molecule has 0 heterocycles. The fraction of sp³-hybridized carbons (Fsp3) is 0.500. The van der Waals surface area contributed by atoms with Crippen molar-refractivity contribution in [2.24, 2.45) is 0 Å². The molecular formula is C14H21N3O5. The predicted molar refractivity (Wildman–Crippen MR) is 82.4 cm³/mol. The van der Waals surface area contributed by atoms with Gasteiger partial charge >= 0.3 is 6.09 Å². The Hall–Kier alpha value is -2.51. The molecule has 8 heteroatoms. The highest BCUT2D eigenvalue weighted by Gasteiger charge is 2.16. The maximum Gasteiger partial charge on any atom is 0.407 e. The number of methoxy groups -OCH3 is 1. The van der Waals surface area contributed by atoms with Crippen LogP contribution in [0.4, 0.5) is 16.2 Å². The molecule has 22 heavy (non-hydrogen) atoms. The summed E-state index contributed by atoms with van der Waals surface area (Å²) in [5.74, 6) is 0.508. The van der Waals surface area contributed by atoms with Crippen molar-refractivity contribution in [2.45, 2.75) is 26.4 Å². The molecule has 0 saturated heterocycles. The van der Waals surface area contributed by atoms with Crippen molar-refractivity contribution in [3.8, 4) is 5.75 Å². The van der Waals surface area contributed by atoms with Gasteiger partial charge < -0.3 is 20.1 Å². The zero-order valence-corrected chi connectivity index (χ0v) is 13.1. The van der Waals surface area contributed by atoms with Gasteiger partial charge in [-0.15, -0.1) is 0 Å². The van der Waals surface area contributed by atoms with Gasteiger partial charge in [-0.1, -0.05) is 0 Å². The van der Waals surface area contributed by atoms with Crippen molar-refractivity contribution >= 4 is 17.5 Å². The Labute approximate surface area is 128 Å². The first-order valence-electron chi connectivity index (χ1n) is 6.76. The third kappa shape index (κ3) is 5.86. The van der Waals surface area contributed by atoms with Crippen LogP contribution in [0.15, 0.2) is 18.2 Å². The molecule has 0 atom stereocenters. The van der Waals surface area contributed by atoms with Crippen LogP contribution in [0.3, 0.4) is 0 Å². The molecule has 0 fully saturated rings. The molecule has 1 aromatic rings. The van der Waals surface area contributed by atoms with E-state index >= 15 is 0 Å². The van der Waals surface area contributed by atoms with E-state index in [2.05, 4.69) is 10.6 Å². The van der Waals surface area contributed by atoms with Gasteiger partial charge in [0.2, 0.25) is 0 Å². The van der Waals surface area contributed by atoms with Gasteiger partial charge in [0.05, 0.1) is 12.0 Å². The monoisotopic (exact) mass is 311 g/mol. The lowest BCUT2D eigenvalue weighted by molar-refractivity contribution is -0.384. The zero-order chi connectivity index (χ0) is 16.8. The van der Waals surface area contributed by atoms with Gasteiger partial charge in [-0.05, 0) is 26.8 Å². The minimum absolute atomic E-state index is 0.0573. The topological polar surface area (TPSA) is 103 Å². The van der Waals surface area contributed by atoms with Crippen LogP contribution in [-0.4, -0.2) is 36.8 Å². The molecule has 8 nitrogen and oxygen atoms in total. The van der Waals surface area contributed by atoms with E-state index < -0.39 is 16.6 Å². The smallest absolute Gasteiger partial charge is 0.407 e. The predicted octanol–water partition coefficient (Wildman–Crippen LogP) is 2.54. The number of nitrogens with one attached hydrogen (secondary N) is 2. The highest BCUT2D eigenvalue weighted by molar-refractivity contribution is 5.68. The number of hydrogen-bond donors (Lipinski definition) is 2. The van der Waals surface area contributed by atoms with E-state index in [-0.39, 0.29) is 12.2 Å². The van der Waals surface area contributed by atoms with Crippen LogP contribution in [0.5, 0.6) is 5.75 Å².